The second kappa shape index (κ2) is 0.427. The van der Waals surface area contributed by atoms with Gasteiger partial charge in [-0.05, 0) is 5.23 Å². The van der Waals surface area contributed by atoms with Gasteiger partial charge in [0, 0.05) is 0 Å². The molecule has 1 heterocycles. The summed E-state index contributed by atoms with van der Waals surface area (Å²) >= 11 is 0. The highest BCUT2D eigenvalue weighted by atomic mass is 17.0. The van der Waals surface area contributed by atoms with Crippen molar-refractivity contribution in [3.63, 3.8) is 0 Å². The Bertz CT molecular complexity index is 25.2. The van der Waals surface area contributed by atoms with Gasteiger partial charge in [-0.15, -0.1) is 0 Å². The van der Waals surface area contributed by atoms with Crippen LogP contribution in [0.2, 0.25) is 0 Å². The topological polar surface area (TPSA) is 35.8 Å². The van der Waals surface area contributed by atoms with Crippen LogP contribution < -0.4 is 0 Å². The van der Waals surface area contributed by atoms with Crippen LogP contribution in [-0.4, -0.2) is 17.2 Å². The zero-order valence-corrected chi connectivity index (χ0v) is 2.01. The summed E-state index contributed by atoms with van der Waals surface area (Å²) in [6.45, 7) is 0.375. The number of hydroxylamine groups is 2. The van der Waals surface area contributed by atoms with E-state index in [9.17, 15) is 0 Å². The highest BCUT2D eigenvalue weighted by molar-refractivity contribution is 4.14. The first-order valence-electron chi connectivity index (χ1n) is 0.987. The molecule has 1 N–H and O–H groups in total. The van der Waals surface area contributed by atoms with Crippen molar-refractivity contribution in [3.8, 4) is 0 Å². The summed E-state index contributed by atoms with van der Waals surface area (Å²) in [5, 5.41) is 8.53. The Balaban J connectivity index is 2.17. The normalized spacial score (nSPS) is 39.8. The molecule has 1 rings (SSSR count). The molecule has 0 bridgehead atoms. The minimum absolute atomic E-state index is 0.375. The van der Waals surface area contributed by atoms with E-state index in [2.05, 4.69) is 4.84 Å². The highest BCUT2D eigenvalue weighted by Gasteiger charge is 2.12. The molecule has 4 heavy (non-hydrogen) atoms. The van der Waals surface area contributed by atoms with Crippen LogP contribution in [0.3, 0.4) is 0 Å². The predicted octanol–water partition coefficient (Wildman–Crippen LogP) is -0.420. The average molecular weight is 61.0 g/mol. The van der Waals surface area contributed by atoms with E-state index in [1.165, 1.54) is 0 Å². The SMILES string of the molecule is ON1CO1. The van der Waals surface area contributed by atoms with Crippen molar-refractivity contribution < 1.29 is 10.0 Å². The number of nitrogens with zero attached hydrogens (tertiary/aromatic N) is 1. The quantitative estimate of drug-likeness (QED) is 0.386. The Hall–Kier alpha value is -0.120. The van der Waals surface area contributed by atoms with Crippen LogP contribution in [0, 0.1) is 0 Å². The molecule has 1 aliphatic rings. The van der Waals surface area contributed by atoms with Crippen molar-refractivity contribution in [2.75, 3.05) is 6.73 Å². The number of hydrogen-bond donors (Lipinski definition) is 1. The lowest BCUT2D eigenvalue weighted by molar-refractivity contribution is -0.0992. The van der Waals surface area contributed by atoms with E-state index in [1.54, 1.807) is 0 Å². The summed E-state index contributed by atoms with van der Waals surface area (Å²) in [6.07, 6.45) is 0. The van der Waals surface area contributed by atoms with Crippen LogP contribution in [0.5, 0.6) is 0 Å². The summed E-state index contributed by atoms with van der Waals surface area (Å²) in [5.41, 5.74) is 0. The van der Waals surface area contributed by atoms with Gasteiger partial charge in [-0.2, -0.15) is 0 Å². The Morgan fingerprint density at radius 3 is 2.25 bits per heavy atom. The van der Waals surface area contributed by atoms with Gasteiger partial charge in [0.15, 0.2) is 6.73 Å². The van der Waals surface area contributed by atoms with Crippen LogP contribution in [-0.2, 0) is 4.84 Å². The monoisotopic (exact) mass is 61.0 g/mol. The van der Waals surface area contributed by atoms with E-state index >= 15 is 0 Å². The lowest BCUT2D eigenvalue weighted by Crippen LogP contribution is -1.76. The van der Waals surface area contributed by atoms with Crippen LogP contribution in [0.1, 0.15) is 0 Å². The maximum absolute atomic E-state index is 7.78. The molecule has 1 aliphatic heterocycles. The molecule has 0 amide bonds. The molecule has 1 atom stereocenters. The van der Waals surface area contributed by atoms with Gasteiger partial charge in [0.25, 0.3) is 0 Å². The molecule has 0 spiro atoms. The molecule has 1 saturated heterocycles. The lowest BCUT2D eigenvalue weighted by Gasteiger charge is -1.60. The van der Waals surface area contributed by atoms with Crippen molar-refractivity contribution in [1.82, 2.24) is 5.23 Å². The predicted molar refractivity (Wildman–Crippen MR) is 9.58 cm³/mol. The molecule has 0 aromatic carbocycles. The van der Waals surface area contributed by atoms with Crippen molar-refractivity contribution in [2.45, 2.75) is 0 Å². The van der Waals surface area contributed by atoms with E-state index in [0.717, 1.165) is 5.23 Å². The maximum Gasteiger partial charge on any atom is 0.174 e. The average Bonchev–Trinajstić information content (AvgIpc) is 1.75. The molecule has 0 aromatic rings. The third-order valence-corrected chi connectivity index (χ3v) is 0.245. The van der Waals surface area contributed by atoms with Crippen molar-refractivity contribution >= 4 is 0 Å². The van der Waals surface area contributed by atoms with Crippen LogP contribution in [0.15, 0.2) is 0 Å². The van der Waals surface area contributed by atoms with Gasteiger partial charge in [-0.3, -0.25) is 10.0 Å². The fourth-order valence-corrected chi connectivity index (χ4v) is 0.0258. The van der Waals surface area contributed by atoms with E-state index in [0.29, 0.717) is 6.73 Å². The minimum atomic E-state index is 0.375. The summed E-state index contributed by atoms with van der Waals surface area (Å²) in [5.74, 6) is 0. The van der Waals surface area contributed by atoms with E-state index in [4.69, 9.17) is 5.21 Å². The summed E-state index contributed by atoms with van der Waals surface area (Å²) < 4.78 is 0. The largest absolute Gasteiger partial charge is 0.287 e. The molecule has 3 nitrogen and oxygen atoms in total. The third-order valence-electron chi connectivity index (χ3n) is 0.245. The van der Waals surface area contributed by atoms with Gasteiger partial charge in [0.05, 0.1) is 0 Å². The minimum Gasteiger partial charge on any atom is -0.287 e. The number of hydrogen-bond acceptors (Lipinski definition) is 3. The van der Waals surface area contributed by atoms with Gasteiger partial charge in [0.1, 0.15) is 0 Å². The fraction of sp³-hybridized carbons (Fsp3) is 1.00. The Kier molecular flexibility index (Phi) is 0.228. The van der Waals surface area contributed by atoms with E-state index in [1.807, 2.05) is 0 Å². The maximum atomic E-state index is 7.78. The Morgan fingerprint density at radius 1 is 2.00 bits per heavy atom. The van der Waals surface area contributed by atoms with Gasteiger partial charge < -0.3 is 0 Å². The first kappa shape index (κ1) is 2.14. The van der Waals surface area contributed by atoms with Crippen LogP contribution in [0.25, 0.3) is 0 Å². The molecule has 1 fully saturated rings. The molecule has 24 valence electrons. The zero-order chi connectivity index (χ0) is 2.99. The second-order valence-electron chi connectivity index (χ2n) is 0.610. The van der Waals surface area contributed by atoms with Gasteiger partial charge in [0.2, 0.25) is 0 Å². The molecular formula is CH3NO2. The van der Waals surface area contributed by atoms with Gasteiger partial charge in [-0.25, -0.2) is 0 Å². The summed E-state index contributed by atoms with van der Waals surface area (Å²) in [7, 11) is 0. The molecule has 0 saturated carbocycles. The van der Waals surface area contributed by atoms with Crippen LogP contribution >= 0.6 is 0 Å². The van der Waals surface area contributed by atoms with E-state index in [-0.39, 0.29) is 0 Å². The smallest absolute Gasteiger partial charge is 0.174 e. The number of rotatable bonds is 0. The molecule has 0 aromatic heterocycles. The van der Waals surface area contributed by atoms with Crippen molar-refractivity contribution in [3.05, 3.63) is 0 Å². The molecular weight excluding hydrogens is 58.0 g/mol. The molecule has 0 radical (unpaired) electrons. The molecule has 0 aliphatic carbocycles. The first-order valence-corrected chi connectivity index (χ1v) is 0.987. The Labute approximate surface area is 23.3 Å². The van der Waals surface area contributed by atoms with Crippen molar-refractivity contribution in [1.29, 1.82) is 0 Å². The van der Waals surface area contributed by atoms with Crippen molar-refractivity contribution in [2.24, 2.45) is 0 Å². The van der Waals surface area contributed by atoms with Gasteiger partial charge in [-0.1, -0.05) is 0 Å². The van der Waals surface area contributed by atoms with Crippen LogP contribution in [0.4, 0.5) is 0 Å². The molecule has 3 heteroatoms. The summed E-state index contributed by atoms with van der Waals surface area (Å²) in [6, 6.07) is 0. The zero-order valence-electron chi connectivity index (χ0n) is 2.01. The van der Waals surface area contributed by atoms with Gasteiger partial charge >= 0.3 is 0 Å². The fourth-order valence-electron chi connectivity index (χ4n) is 0.0258. The first-order chi connectivity index (χ1) is 1.89. The molecule has 1 unspecified atom stereocenters. The standard InChI is InChI=1S/CH3NO2/c3-2-1-4-2/h3H,1H2. The summed E-state index contributed by atoms with van der Waals surface area (Å²) in [4.78, 5) is 4.10. The lowest BCUT2D eigenvalue weighted by atomic mass is 11.5. The van der Waals surface area contributed by atoms with E-state index < -0.39 is 0 Å². The second-order valence-corrected chi connectivity index (χ2v) is 0.610. The Morgan fingerprint density at radius 2 is 2.25 bits per heavy atom. The highest BCUT2D eigenvalue weighted by Crippen LogP contribution is 1.96. The third kappa shape index (κ3) is 0.176.